The maximum atomic E-state index is 12.7. The average Bonchev–Trinajstić information content (AvgIpc) is 3.16. The highest BCUT2D eigenvalue weighted by Crippen LogP contribution is 2.19. The number of hydrogen-bond acceptors (Lipinski definition) is 7. The van der Waals surface area contributed by atoms with Crippen LogP contribution in [0.3, 0.4) is 0 Å². The number of benzene rings is 1. The molecule has 0 saturated carbocycles. The smallest absolute Gasteiger partial charge is 0.253 e. The molecule has 9 nitrogen and oxygen atoms in total. The third-order valence-electron chi connectivity index (χ3n) is 4.90. The van der Waals surface area contributed by atoms with Crippen LogP contribution in [0.1, 0.15) is 11.4 Å². The van der Waals surface area contributed by atoms with E-state index in [1.54, 1.807) is 39.7 Å². The molecule has 1 aliphatic heterocycles. The highest BCUT2D eigenvalue weighted by atomic mass is 32.2. The van der Waals surface area contributed by atoms with Crippen molar-refractivity contribution in [1.82, 2.24) is 28.8 Å². The van der Waals surface area contributed by atoms with Gasteiger partial charge in [0.15, 0.2) is 0 Å². The van der Waals surface area contributed by atoms with Crippen LogP contribution in [0.25, 0.3) is 5.78 Å². The number of sulfonamides is 1. The molecule has 2 aromatic heterocycles. The summed E-state index contributed by atoms with van der Waals surface area (Å²) < 4.78 is 28.5. The predicted octanol–water partition coefficient (Wildman–Crippen LogP) is 1.37. The van der Waals surface area contributed by atoms with Crippen molar-refractivity contribution in [3.05, 3.63) is 47.8 Å². The molecule has 3 aromatic rings. The Bertz CT molecular complexity index is 1170. The van der Waals surface area contributed by atoms with Crippen LogP contribution >= 0.6 is 11.8 Å². The lowest BCUT2D eigenvalue weighted by molar-refractivity contribution is -0.129. The standard InChI is InChI=1S/C19H22N6O3S2/c1-14-12-15(2)25-18(20-14)21-19(22-25)29-13-17(26)23-8-10-24(11-9-23)30(27,28)16-6-4-3-5-7-16/h3-7,12H,8-11,13H2,1-2H3. The highest BCUT2D eigenvalue weighted by molar-refractivity contribution is 7.99. The van der Waals surface area contributed by atoms with Gasteiger partial charge < -0.3 is 4.90 Å². The molecule has 1 amide bonds. The Morgan fingerprint density at radius 3 is 2.47 bits per heavy atom. The number of nitrogens with zero attached hydrogens (tertiary/aromatic N) is 6. The van der Waals surface area contributed by atoms with Gasteiger partial charge in [-0.05, 0) is 32.0 Å². The van der Waals surface area contributed by atoms with E-state index >= 15 is 0 Å². The minimum absolute atomic E-state index is 0.0588. The first kappa shape index (κ1) is 20.8. The van der Waals surface area contributed by atoms with E-state index in [9.17, 15) is 13.2 Å². The molecule has 1 fully saturated rings. The zero-order chi connectivity index (χ0) is 21.3. The molecule has 30 heavy (non-hydrogen) atoms. The zero-order valence-corrected chi connectivity index (χ0v) is 18.4. The van der Waals surface area contributed by atoms with Gasteiger partial charge in [-0.15, -0.1) is 5.10 Å². The first-order valence-electron chi connectivity index (χ1n) is 9.51. The molecule has 158 valence electrons. The van der Waals surface area contributed by atoms with E-state index in [-0.39, 0.29) is 29.6 Å². The lowest BCUT2D eigenvalue weighted by Gasteiger charge is -2.33. The van der Waals surface area contributed by atoms with E-state index in [0.717, 1.165) is 11.4 Å². The third-order valence-corrected chi connectivity index (χ3v) is 7.63. The van der Waals surface area contributed by atoms with Crippen molar-refractivity contribution in [2.45, 2.75) is 23.9 Å². The summed E-state index contributed by atoms with van der Waals surface area (Å²) >= 11 is 1.26. The van der Waals surface area contributed by atoms with Crippen LogP contribution < -0.4 is 0 Å². The molecule has 0 aliphatic carbocycles. The molecule has 0 spiro atoms. The predicted molar refractivity (Wildman–Crippen MR) is 113 cm³/mol. The summed E-state index contributed by atoms with van der Waals surface area (Å²) in [5, 5.41) is 4.89. The van der Waals surface area contributed by atoms with Gasteiger partial charge in [0.05, 0.1) is 10.6 Å². The first-order chi connectivity index (χ1) is 14.3. The third kappa shape index (κ3) is 4.18. The summed E-state index contributed by atoms with van der Waals surface area (Å²) in [7, 11) is -3.53. The van der Waals surface area contributed by atoms with Crippen molar-refractivity contribution in [3.8, 4) is 0 Å². The van der Waals surface area contributed by atoms with Crippen molar-refractivity contribution in [2.75, 3.05) is 31.9 Å². The van der Waals surface area contributed by atoms with Gasteiger partial charge in [-0.1, -0.05) is 30.0 Å². The fourth-order valence-corrected chi connectivity index (χ4v) is 5.51. The molecule has 3 heterocycles. The van der Waals surface area contributed by atoms with E-state index in [1.807, 2.05) is 19.9 Å². The Hall–Kier alpha value is -2.50. The normalized spacial score (nSPS) is 15.6. The number of carbonyl (C=O) groups excluding carboxylic acids is 1. The second kappa shape index (κ2) is 8.32. The lowest BCUT2D eigenvalue weighted by atomic mass is 10.3. The summed E-state index contributed by atoms with van der Waals surface area (Å²) in [5.41, 5.74) is 1.79. The zero-order valence-electron chi connectivity index (χ0n) is 16.7. The van der Waals surface area contributed by atoms with Gasteiger partial charge in [0.1, 0.15) is 0 Å². The number of amides is 1. The molecule has 1 aromatic carbocycles. The Morgan fingerprint density at radius 1 is 1.07 bits per heavy atom. The summed E-state index contributed by atoms with van der Waals surface area (Å²) in [6.07, 6.45) is 0. The molecule has 11 heteroatoms. The largest absolute Gasteiger partial charge is 0.339 e. The monoisotopic (exact) mass is 446 g/mol. The Kier molecular flexibility index (Phi) is 5.76. The van der Waals surface area contributed by atoms with Gasteiger partial charge in [0, 0.05) is 37.6 Å². The maximum absolute atomic E-state index is 12.7. The van der Waals surface area contributed by atoms with Crippen LogP contribution in [-0.4, -0.2) is 75.0 Å². The minimum atomic E-state index is -3.53. The average molecular weight is 447 g/mol. The van der Waals surface area contributed by atoms with Crippen molar-refractivity contribution < 1.29 is 13.2 Å². The minimum Gasteiger partial charge on any atom is -0.339 e. The Balaban J connectivity index is 1.34. The number of aryl methyl sites for hydroxylation is 2. The molecular weight excluding hydrogens is 424 g/mol. The fraction of sp³-hybridized carbons (Fsp3) is 0.368. The van der Waals surface area contributed by atoms with Crippen LogP contribution in [0.2, 0.25) is 0 Å². The van der Waals surface area contributed by atoms with E-state index in [0.29, 0.717) is 24.0 Å². The number of hydrogen-bond donors (Lipinski definition) is 0. The first-order valence-corrected chi connectivity index (χ1v) is 11.9. The maximum Gasteiger partial charge on any atom is 0.253 e. The van der Waals surface area contributed by atoms with E-state index in [2.05, 4.69) is 15.1 Å². The van der Waals surface area contributed by atoms with Gasteiger partial charge in [-0.2, -0.15) is 9.29 Å². The summed E-state index contributed by atoms with van der Waals surface area (Å²) in [6.45, 7) is 5.12. The van der Waals surface area contributed by atoms with Crippen LogP contribution in [0.4, 0.5) is 0 Å². The van der Waals surface area contributed by atoms with E-state index in [4.69, 9.17) is 0 Å². The second-order valence-corrected chi connectivity index (χ2v) is 9.91. The Labute approximate surface area is 179 Å². The van der Waals surface area contributed by atoms with E-state index in [1.165, 1.54) is 16.1 Å². The number of piperazine rings is 1. The number of aromatic nitrogens is 4. The quantitative estimate of drug-likeness (QED) is 0.546. The fourth-order valence-electron chi connectivity index (χ4n) is 3.35. The summed E-state index contributed by atoms with van der Waals surface area (Å²) in [6, 6.07) is 10.3. The molecule has 0 N–H and O–H groups in total. The summed E-state index contributed by atoms with van der Waals surface area (Å²) in [4.78, 5) is 23.3. The van der Waals surface area contributed by atoms with Gasteiger partial charge in [0.25, 0.3) is 5.78 Å². The molecular formula is C19H22N6O3S2. The van der Waals surface area contributed by atoms with Gasteiger partial charge in [-0.25, -0.2) is 17.9 Å². The molecule has 0 atom stereocenters. The molecule has 1 saturated heterocycles. The van der Waals surface area contributed by atoms with Gasteiger partial charge >= 0.3 is 0 Å². The lowest BCUT2D eigenvalue weighted by Crippen LogP contribution is -2.50. The van der Waals surface area contributed by atoms with Crippen molar-refractivity contribution in [3.63, 3.8) is 0 Å². The van der Waals surface area contributed by atoms with Crippen LogP contribution in [0.15, 0.2) is 46.5 Å². The number of fused-ring (bicyclic) bond motifs is 1. The second-order valence-electron chi connectivity index (χ2n) is 7.03. The topological polar surface area (TPSA) is 101 Å². The van der Waals surface area contributed by atoms with Crippen LogP contribution in [-0.2, 0) is 14.8 Å². The molecule has 0 unspecified atom stereocenters. The molecule has 4 rings (SSSR count). The highest BCUT2D eigenvalue weighted by Gasteiger charge is 2.30. The summed E-state index contributed by atoms with van der Waals surface area (Å²) in [5.74, 6) is 0.652. The van der Waals surface area contributed by atoms with Gasteiger partial charge in [-0.3, -0.25) is 4.79 Å². The SMILES string of the molecule is Cc1cc(C)n2nc(SCC(=O)N3CCN(S(=O)(=O)c4ccccc4)CC3)nc2n1. The number of thioether (sulfide) groups is 1. The molecule has 1 aliphatic rings. The van der Waals surface area contributed by atoms with E-state index < -0.39 is 10.0 Å². The van der Waals surface area contributed by atoms with Crippen molar-refractivity contribution in [1.29, 1.82) is 0 Å². The van der Waals surface area contributed by atoms with Crippen LogP contribution in [0.5, 0.6) is 0 Å². The van der Waals surface area contributed by atoms with Crippen molar-refractivity contribution in [2.24, 2.45) is 0 Å². The number of rotatable bonds is 5. The Morgan fingerprint density at radius 2 is 1.77 bits per heavy atom. The number of carbonyl (C=O) groups is 1. The molecule has 0 bridgehead atoms. The molecule has 0 radical (unpaired) electrons. The van der Waals surface area contributed by atoms with Crippen molar-refractivity contribution >= 4 is 33.5 Å². The van der Waals surface area contributed by atoms with Crippen LogP contribution in [0, 0.1) is 13.8 Å². The van der Waals surface area contributed by atoms with Gasteiger partial charge in [0.2, 0.25) is 21.1 Å².